The molecule has 0 N–H and O–H groups in total. The molecule has 1 heterocycles. The van der Waals surface area contributed by atoms with Crippen LogP contribution in [-0.2, 0) is 6.61 Å². The third kappa shape index (κ3) is 3.05. The minimum Gasteiger partial charge on any atom is -0.488 e. The number of benzene rings is 2. The first-order valence-corrected chi connectivity index (χ1v) is 7.50. The van der Waals surface area contributed by atoms with Gasteiger partial charge < -0.3 is 9.15 Å². The van der Waals surface area contributed by atoms with E-state index in [2.05, 4.69) is 0 Å². The fourth-order valence-corrected chi connectivity index (χ4v) is 2.62. The van der Waals surface area contributed by atoms with Crippen LogP contribution in [0.5, 0.6) is 5.75 Å². The lowest BCUT2D eigenvalue weighted by molar-refractivity contribution is 0.304. The molecule has 0 atom stereocenters. The van der Waals surface area contributed by atoms with Crippen LogP contribution < -0.4 is 10.2 Å². The van der Waals surface area contributed by atoms with Crippen molar-refractivity contribution in [1.29, 1.82) is 0 Å². The summed E-state index contributed by atoms with van der Waals surface area (Å²) in [5, 5.41) is 0.715. The maximum absolute atomic E-state index is 13.0. The number of rotatable bonds is 3. The molecule has 0 saturated carbocycles. The van der Waals surface area contributed by atoms with Gasteiger partial charge in [0.1, 0.15) is 35.0 Å². The van der Waals surface area contributed by atoms with Crippen LogP contribution in [0.4, 0.5) is 4.39 Å². The second-order valence-electron chi connectivity index (χ2n) is 5.00. The van der Waals surface area contributed by atoms with Gasteiger partial charge in [0, 0.05) is 11.1 Å². The molecule has 0 fully saturated rings. The van der Waals surface area contributed by atoms with Gasteiger partial charge in [0.2, 0.25) is 5.43 Å². The van der Waals surface area contributed by atoms with E-state index in [1.54, 1.807) is 25.1 Å². The van der Waals surface area contributed by atoms with Gasteiger partial charge in [-0.2, -0.15) is 0 Å². The molecule has 0 unspecified atom stereocenters. The summed E-state index contributed by atoms with van der Waals surface area (Å²) in [5.41, 5.74) is 1.46. The first-order valence-electron chi connectivity index (χ1n) is 6.74. The van der Waals surface area contributed by atoms with Crippen LogP contribution in [0.3, 0.4) is 0 Å². The zero-order valence-corrected chi connectivity index (χ0v) is 13.5. The highest BCUT2D eigenvalue weighted by molar-refractivity contribution is 6.31. The summed E-state index contributed by atoms with van der Waals surface area (Å²) in [6.07, 6.45) is 1.21. The maximum atomic E-state index is 13.0. The van der Waals surface area contributed by atoms with Crippen molar-refractivity contribution >= 4 is 34.2 Å². The number of hydrogen-bond acceptors (Lipinski definition) is 3. The Morgan fingerprint density at radius 1 is 1.17 bits per heavy atom. The smallest absolute Gasteiger partial charge is 0.211 e. The van der Waals surface area contributed by atoms with Gasteiger partial charge >= 0.3 is 0 Å². The summed E-state index contributed by atoms with van der Waals surface area (Å²) in [4.78, 5) is 12.0. The Balaban J connectivity index is 1.93. The Bertz CT molecular complexity index is 950. The van der Waals surface area contributed by atoms with Gasteiger partial charge in [-0.15, -0.1) is 0 Å². The second-order valence-corrected chi connectivity index (χ2v) is 5.82. The average Bonchev–Trinajstić information content (AvgIpc) is 2.52. The van der Waals surface area contributed by atoms with Gasteiger partial charge in [0.25, 0.3) is 0 Å². The summed E-state index contributed by atoms with van der Waals surface area (Å²) in [6.45, 7) is 1.95. The largest absolute Gasteiger partial charge is 0.488 e. The molecule has 6 heteroatoms. The van der Waals surface area contributed by atoms with Gasteiger partial charge in [-0.1, -0.05) is 29.3 Å². The molecule has 0 aliphatic rings. The van der Waals surface area contributed by atoms with Crippen LogP contribution in [0.15, 0.2) is 45.8 Å². The number of halogens is 3. The monoisotopic (exact) mass is 352 g/mol. The third-order valence-electron chi connectivity index (χ3n) is 3.50. The SMILES string of the molecule is Cc1c(OCc2ccc(F)cc2Cl)ccc2c(=O)c(Cl)coc12. The van der Waals surface area contributed by atoms with Crippen molar-refractivity contribution in [2.24, 2.45) is 0 Å². The summed E-state index contributed by atoms with van der Waals surface area (Å²) in [7, 11) is 0. The zero-order valence-electron chi connectivity index (χ0n) is 12.0. The third-order valence-corrected chi connectivity index (χ3v) is 4.11. The highest BCUT2D eigenvalue weighted by atomic mass is 35.5. The molecule has 0 saturated heterocycles. The van der Waals surface area contributed by atoms with Crippen LogP contribution in [0.1, 0.15) is 11.1 Å². The van der Waals surface area contributed by atoms with Gasteiger partial charge in [0.15, 0.2) is 0 Å². The van der Waals surface area contributed by atoms with E-state index >= 15 is 0 Å². The average molecular weight is 353 g/mol. The van der Waals surface area contributed by atoms with E-state index in [4.69, 9.17) is 32.4 Å². The molecular formula is C17H11Cl2FO3. The van der Waals surface area contributed by atoms with Crippen LogP contribution in [0.2, 0.25) is 10.0 Å². The summed E-state index contributed by atoms with van der Waals surface area (Å²) < 4.78 is 24.2. The zero-order chi connectivity index (χ0) is 16.6. The van der Waals surface area contributed by atoms with Gasteiger partial charge in [0.05, 0.1) is 10.4 Å². The van der Waals surface area contributed by atoms with Crippen molar-refractivity contribution in [2.75, 3.05) is 0 Å². The van der Waals surface area contributed by atoms with Crippen molar-refractivity contribution < 1.29 is 13.5 Å². The van der Waals surface area contributed by atoms with Crippen LogP contribution >= 0.6 is 23.2 Å². The standard InChI is InChI=1S/C17H11Cl2FO3/c1-9-15(22-7-10-2-3-11(20)6-13(10)18)5-4-12-16(21)14(19)8-23-17(9)12/h2-6,8H,7H2,1H3. The molecule has 23 heavy (non-hydrogen) atoms. The Kier molecular flexibility index (Phi) is 4.28. The predicted molar refractivity (Wildman–Crippen MR) is 88.0 cm³/mol. The molecule has 1 aromatic heterocycles. The van der Waals surface area contributed by atoms with Crippen molar-refractivity contribution in [3.05, 3.63) is 73.8 Å². The van der Waals surface area contributed by atoms with Crippen molar-refractivity contribution in [3.8, 4) is 5.75 Å². The van der Waals surface area contributed by atoms with E-state index in [9.17, 15) is 9.18 Å². The van der Waals surface area contributed by atoms with E-state index < -0.39 is 5.82 Å². The van der Waals surface area contributed by atoms with Crippen molar-refractivity contribution in [3.63, 3.8) is 0 Å². The number of aryl methyl sites for hydroxylation is 1. The fraction of sp³-hybridized carbons (Fsp3) is 0.118. The Morgan fingerprint density at radius 2 is 1.96 bits per heavy atom. The lowest BCUT2D eigenvalue weighted by Gasteiger charge is -2.11. The molecule has 2 aromatic carbocycles. The molecule has 0 aliphatic carbocycles. The first kappa shape index (κ1) is 15.8. The highest BCUT2D eigenvalue weighted by Crippen LogP contribution is 2.28. The Labute approximate surface area is 141 Å². The molecule has 0 amide bonds. The Morgan fingerprint density at radius 3 is 2.70 bits per heavy atom. The molecule has 0 bridgehead atoms. The van der Waals surface area contributed by atoms with Gasteiger partial charge in [-0.3, -0.25) is 4.79 Å². The topological polar surface area (TPSA) is 39.4 Å². The van der Waals surface area contributed by atoms with E-state index in [1.165, 1.54) is 18.4 Å². The number of fused-ring (bicyclic) bond motifs is 1. The van der Waals surface area contributed by atoms with E-state index in [0.29, 0.717) is 32.9 Å². The maximum Gasteiger partial charge on any atom is 0.211 e. The predicted octanol–water partition coefficient (Wildman–Crippen LogP) is 5.13. The van der Waals surface area contributed by atoms with Crippen molar-refractivity contribution in [1.82, 2.24) is 0 Å². The summed E-state index contributed by atoms with van der Waals surface area (Å²) in [5.74, 6) is 0.141. The molecular weight excluding hydrogens is 342 g/mol. The van der Waals surface area contributed by atoms with Gasteiger partial charge in [-0.05, 0) is 31.2 Å². The fourth-order valence-electron chi connectivity index (χ4n) is 2.25. The van der Waals surface area contributed by atoms with E-state index in [-0.39, 0.29) is 17.1 Å². The Hall–Kier alpha value is -2.04. The summed E-state index contributed by atoms with van der Waals surface area (Å²) >= 11 is 11.7. The highest BCUT2D eigenvalue weighted by Gasteiger charge is 2.12. The number of ether oxygens (including phenoxy) is 1. The molecule has 3 aromatic rings. The van der Waals surface area contributed by atoms with Gasteiger partial charge in [-0.25, -0.2) is 4.39 Å². The molecule has 0 radical (unpaired) electrons. The quantitative estimate of drug-likeness (QED) is 0.656. The van der Waals surface area contributed by atoms with E-state index in [1.807, 2.05) is 0 Å². The summed E-state index contributed by atoms with van der Waals surface area (Å²) in [6, 6.07) is 7.38. The van der Waals surface area contributed by atoms with E-state index in [0.717, 1.165) is 0 Å². The lowest BCUT2D eigenvalue weighted by atomic mass is 10.1. The van der Waals surface area contributed by atoms with Crippen LogP contribution in [-0.4, -0.2) is 0 Å². The first-order chi connectivity index (χ1) is 11.0. The number of hydrogen-bond donors (Lipinski definition) is 0. The molecule has 0 aliphatic heterocycles. The minimum absolute atomic E-state index is 0.0312. The van der Waals surface area contributed by atoms with Crippen LogP contribution in [0.25, 0.3) is 11.0 Å². The molecule has 3 rings (SSSR count). The molecule has 0 spiro atoms. The lowest BCUT2D eigenvalue weighted by Crippen LogP contribution is -2.04. The second kappa shape index (κ2) is 6.22. The van der Waals surface area contributed by atoms with Crippen LogP contribution in [0, 0.1) is 12.7 Å². The van der Waals surface area contributed by atoms with Crippen molar-refractivity contribution in [2.45, 2.75) is 13.5 Å². The minimum atomic E-state index is -0.403. The normalized spacial score (nSPS) is 11.0. The molecule has 3 nitrogen and oxygen atoms in total. The molecule has 118 valence electrons.